The van der Waals surface area contributed by atoms with Crippen LogP contribution in [0.15, 0.2) is 71.8 Å². The first-order valence-electron chi connectivity index (χ1n) is 12.4. The highest BCUT2D eigenvalue weighted by Gasteiger charge is 2.33. The standard InChI is InChI=1S/C30H38ClNO4/c1-21-16-23(10-11-27(21)31)18-29(3,4)32-19-25(33)20-36-15-14-30(24-8-6-5-7-9-24)13-12-26(28(34)35)22(2)17-30/h5-13,16,25,32-33H,14-15,17-20H2,1-4H3,(H,34,35)/t25-,30?/m1/s1. The molecular formula is C30H38ClNO4. The first kappa shape index (κ1) is 28.1. The zero-order chi connectivity index (χ0) is 26.3. The van der Waals surface area contributed by atoms with E-state index in [0.717, 1.165) is 28.1 Å². The quantitative estimate of drug-likeness (QED) is 0.322. The van der Waals surface area contributed by atoms with Crippen LogP contribution in [0.2, 0.25) is 5.02 Å². The Kier molecular flexibility index (Phi) is 9.53. The van der Waals surface area contributed by atoms with E-state index in [4.69, 9.17) is 16.3 Å². The van der Waals surface area contributed by atoms with Crippen molar-refractivity contribution in [1.29, 1.82) is 0 Å². The molecule has 3 rings (SSSR count). The number of aliphatic hydroxyl groups excluding tert-OH is 1. The number of aliphatic carboxylic acids is 1. The molecule has 0 fully saturated rings. The van der Waals surface area contributed by atoms with E-state index in [1.54, 1.807) is 6.08 Å². The number of hydrogen-bond donors (Lipinski definition) is 3. The van der Waals surface area contributed by atoms with Crippen LogP contribution in [-0.4, -0.2) is 47.6 Å². The Balaban J connectivity index is 1.51. The fraction of sp³-hybridized carbons (Fsp3) is 0.433. The summed E-state index contributed by atoms with van der Waals surface area (Å²) in [5.74, 6) is -0.897. The lowest BCUT2D eigenvalue weighted by atomic mass is 9.70. The third kappa shape index (κ3) is 7.53. The molecule has 0 spiro atoms. The smallest absolute Gasteiger partial charge is 0.335 e. The summed E-state index contributed by atoms with van der Waals surface area (Å²) in [7, 11) is 0. The Bertz CT molecular complexity index is 1110. The molecule has 0 amide bonds. The Labute approximate surface area is 219 Å². The minimum absolute atomic E-state index is 0.197. The van der Waals surface area contributed by atoms with Gasteiger partial charge in [-0.25, -0.2) is 4.79 Å². The number of halogens is 1. The van der Waals surface area contributed by atoms with Gasteiger partial charge in [0.05, 0.1) is 18.3 Å². The molecule has 6 heteroatoms. The minimum Gasteiger partial charge on any atom is -0.478 e. The maximum Gasteiger partial charge on any atom is 0.335 e. The summed E-state index contributed by atoms with van der Waals surface area (Å²) in [4.78, 5) is 11.5. The summed E-state index contributed by atoms with van der Waals surface area (Å²) < 4.78 is 5.90. The first-order chi connectivity index (χ1) is 17.0. The number of hydrogen-bond acceptors (Lipinski definition) is 4. The van der Waals surface area contributed by atoms with Crippen molar-refractivity contribution in [2.75, 3.05) is 19.8 Å². The predicted octanol–water partition coefficient (Wildman–Crippen LogP) is 5.63. The molecule has 1 aliphatic rings. The van der Waals surface area contributed by atoms with Crippen molar-refractivity contribution in [1.82, 2.24) is 5.32 Å². The molecule has 0 saturated heterocycles. The van der Waals surface area contributed by atoms with Gasteiger partial charge in [-0.3, -0.25) is 0 Å². The Morgan fingerprint density at radius 2 is 1.92 bits per heavy atom. The van der Waals surface area contributed by atoms with E-state index < -0.39 is 12.1 Å². The summed E-state index contributed by atoms with van der Waals surface area (Å²) in [6.45, 7) is 9.23. The van der Waals surface area contributed by atoms with Gasteiger partial charge in [-0.1, -0.05) is 71.8 Å². The van der Waals surface area contributed by atoms with E-state index in [2.05, 4.69) is 37.4 Å². The van der Waals surface area contributed by atoms with Gasteiger partial charge in [0.15, 0.2) is 0 Å². The second-order valence-electron chi connectivity index (χ2n) is 10.5. The first-order valence-corrected chi connectivity index (χ1v) is 12.8. The molecule has 1 aliphatic carbocycles. The van der Waals surface area contributed by atoms with Crippen LogP contribution < -0.4 is 5.32 Å². The second-order valence-corrected chi connectivity index (χ2v) is 10.9. The third-order valence-electron chi connectivity index (χ3n) is 6.88. The molecule has 2 aromatic rings. The van der Waals surface area contributed by atoms with Crippen LogP contribution in [0.3, 0.4) is 0 Å². The van der Waals surface area contributed by atoms with Crippen molar-refractivity contribution >= 4 is 17.6 Å². The van der Waals surface area contributed by atoms with Crippen LogP contribution in [0.1, 0.15) is 50.3 Å². The number of β-amino-alcohol motifs (C(OH)–C–C–N with tert-alkyl or cyclic N) is 1. The normalized spacial score (nSPS) is 18.9. The molecule has 0 aliphatic heterocycles. The fourth-order valence-electron chi connectivity index (χ4n) is 4.87. The van der Waals surface area contributed by atoms with Gasteiger partial charge in [0.1, 0.15) is 0 Å². The molecular weight excluding hydrogens is 474 g/mol. The Morgan fingerprint density at radius 3 is 2.56 bits per heavy atom. The fourth-order valence-corrected chi connectivity index (χ4v) is 4.98. The highest BCUT2D eigenvalue weighted by molar-refractivity contribution is 6.31. The van der Waals surface area contributed by atoms with Crippen molar-refractivity contribution in [3.63, 3.8) is 0 Å². The summed E-state index contributed by atoms with van der Waals surface area (Å²) in [6.07, 6.45) is 5.22. The van der Waals surface area contributed by atoms with Crippen molar-refractivity contribution in [3.8, 4) is 0 Å². The van der Waals surface area contributed by atoms with E-state index in [1.165, 1.54) is 5.56 Å². The van der Waals surface area contributed by atoms with Crippen LogP contribution in [0.5, 0.6) is 0 Å². The highest BCUT2D eigenvalue weighted by Crippen LogP contribution is 2.40. The lowest BCUT2D eigenvalue weighted by Crippen LogP contribution is -2.46. The molecule has 0 bridgehead atoms. The Hall–Kier alpha value is -2.44. The molecule has 0 radical (unpaired) electrons. The van der Waals surface area contributed by atoms with Gasteiger partial charge in [-0.05, 0) is 69.7 Å². The number of aliphatic hydroxyl groups is 1. The molecule has 2 aromatic carbocycles. The molecule has 5 nitrogen and oxygen atoms in total. The largest absolute Gasteiger partial charge is 0.478 e. The highest BCUT2D eigenvalue weighted by atomic mass is 35.5. The zero-order valence-electron chi connectivity index (χ0n) is 21.7. The van der Waals surface area contributed by atoms with E-state index in [9.17, 15) is 15.0 Å². The lowest BCUT2D eigenvalue weighted by molar-refractivity contribution is -0.132. The molecule has 0 aromatic heterocycles. The van der Waals surface area contributed by atoms with Crippen molar-refractivity contribution in [2.45, 2.75) is 64.0 Å². The van der Waals surface area contributed by atoms with Crippen molar-refractivity contribution in [2.24, 2.45) is 0 Å². The summed E-state index contributed by atoms with van der Waals surface area (Å²) in [5.41, 5.74) is 4.09. The summed E-state index contributed by atoms with van der Waals surface area (Å²) in [5, 5.41) is 24.2. The van der Waals surface area contributed by atoms with E-state index >= 15 is 0 Å². The van der Waals surface area contributed by atoms with Crippen LogP contribution >= 0.6 is 11.6 Å². The maximum absolute atomic E-state index is 11.5. The van der Waals surface area contributed by atoms with Crippen LogP contribution in [0.4, 0.5) is 0 Å². The zero-order valence-corrected chi connectivity index (χ0v) is 22.4. The van der Waals surface area contributed by atoms with Gasteiger partial charge in [-0.2, -0.15) is 0 Å². The van der Waals surface area contributed by atoms with Gasteiger partial charge in [-0.15, -0.1) is 0 Å². The van der Waals surface area contributed by atoms with Gasteiger partial charge in [0.2, 0.25) is 0 Å². The average Bonchev–Trinajstić information content (AvgIpc) is 2.83. The number of allylic oxidation sites excluding steroid dienone is 2. The SMILES string of the molecule is CC1=C(C(=O)O)C=CC(CCOC[C@H](O)CNC(C)(C)Cc2ccc(Cl)c(C)c2)(c2ccccc2)C1. The molecule has 2 atom stereocenters. The lowest BCUT2D eigenvalue weighted by Gasteiger charge is -2.35. The monoisotopic (exact) mass is 511 g/mol. The molecule has 194 valence electrons. The second kappa shape index (κ2) is 12.2. The van der Waals surface area contributed by atoms with Crippen LogP contribution in [0.25, 0.3) is 0 Å². The average molecular weight is 512 g/mol. The molecule has 36 heavy (non-hydrogen) atoms. The number of carboxylic acid groups (broad SMARTS) is 1. The van der Waals surface area contributed by atoms with Crippen LogP contribution in [-0.2, 0) is 21.4 Å². The predicted molar refractivity (Wildman–Crippen MR) is 146 cm³/mol. The molecule has 0 heterocycles. The summed E-state index contributed by atoms with van der Waals surface area (Å²) in [6, 6.07) is 16.2. The van der Waals surface area contributed by atoms with Crippen LogP contribution in [0, 0.1) is 6.92 Å². The van der Waals surface area contributed by atoms with Gasteiger partial charge in [0.25, 0.3) is 0 Å². The number of carboxylic acids is 1. The van der Waals surface area contributed by atoms with E-state index in [1.807, 2.05) is 50.3 Å². The summed E-state index contributed by atoms with van der Waals surface area (Å²) >= 11 is 6.14. The third-order valence-corrected chi connectivity index (χ3v) is 7.30. The number of rotatable bonds is 12. The molecule has 1 unspecified atom stereocenters. The molecule has 3 N–H and O–H groups in total. The number of nitrogens with one attached hydrogen (secondary N) is 1. The topological polar surface area (TPSA) is 78.8 Å². The van der Waals surface area contributed by atoms with Gasteiger partial charge < -0.3 is 20.3 Å². The van der Waals surface area contributed by atoms with Gasteiger partial charge in [0, 0.05) is 29.1 Å². The van der Waals surface area contributed by atoms with E-state index in [0.29, 0.717) is 31.6 Å². The number of carbonyl (C=O) groups is 1. The Morgan fingerprint density at radius 1 is 1.19 bits per heavy atom. The van der Waals surface area contributed by atoms with Gasteiger partial charge >= 0.3 is 5.97 Å². The number of benzene rings is 2. The van der Waals surface area contributed by atoms with E-state index in [-0.39, 0.29) is 17.6 Å². The maximum atomic E-state index is 11.5. The van der Waals surface area contributed by atoms with Crippen molar-refractivity contribution in [3.05, 3.63) is 93.5 Å². The number of aryl methyl sites for hydroxylation is 1. The van der Waals surface area contributed by atoms with Crippen molar-refractivity contribution < 1.29 is 19.7 Å². The minimum atomic E-state index is -0.897. The number of ether oxygens (including phenoxy) is 1. The molecule has 0 saturated carbocycles.